The summed E-state index contributed by atoms with van der Waals surface area (Å²) < 4.78 is 11.6. The highest BCUT2D eigenvalue weighted by Gasteiger charge is 2.04. The van der Waals surface area contributed by atoms with Crippen molar-refractivity contribution in [2.75, 3.05) is 19.8 Å². The van der Waals surface area contributed by atoms with Gasteiger partial charge in [-0.1, -0.05) is 20.8 Å². The van der Waals surface area contributed by atoms with Gasteiger partial charge in [0.25, 0.3) is 0 Å². The third kappa shape index (κ3) is 6.29. The zero-order valence-electron chi connectivity index (χ0n) is 7.86. The van der Waals surface area contributed by atoms with Crippen molar-refractivity contribution in [3.8, 4) is 0 Å². The minimum atomic E-state index is -0.205. The summed E-state index contributed by atoms with van der Waals surface area (Å²) in [5.74, 6) is 1.41. The van der Waals surface area contributed by atoms with E-state index in [1.807, 2.05) is 0 Å². The molecule has 0 fully saturated rings. The van der Waals surface area contributed by atoms with E-state index in [1.165, 1.54) is 0 Å². The Bertz CT molecular complexity index is 83.6. The Balaban J connectivity index is 3.10. The lowest BCUT2D eigenvalue weighted by Gasteiger charge is -2.15. The van der Waals surface area contributed by atoms with Gasteiger partial charge in [-0.2, -0.15) is 0 Å². The fourth-order valence-electron chi connectivity index (χ4n) is 0.757. The molecule has 0 aromatic carbocycles. The Hall–Kier alpha value is -0.110. The Labute approximate surface area is 69.4 Å². The molecule has 0 saturated carbocycles. The van der Waals surface area contributed by atoms with E-state index in [1.54, 1.807) is 0 Å². The Kier molecular flexibility index (Phi) is 6.52. The molecule has 68 valence electrons. The second-order valence-electron chi connectivity index (χ2n) is 3.47. The van der Waals surface area contributed by atoms with Gasteiger partial charge >= 0.3 is 0 Å². The Morgan fingerprint density at radius 1 is 1.27 bits per heavy atom. The molecule has 0 aliphatic rings. The highest BCUT2D eigenvalue weighted by atomic mass is 19.1. The molecule has 0 aromatic rings. The first-order valence-electron chi connectivity index (χ1n) is 4.45. The molecular formula is C9H20FN. The van der Waals surface area contributed by atoms with Gasteiger partial charge in [-0.3, -0.25) is 4.39 Å². The topological polar surface area (TPSA) is 12.0 Å². The van der Waals surface area contributed by atoms with Crippen LogP contribution in [0.1, 0.15) is 27.2 Å². The first-order chi connectivity index (χ1) is 5.18. The number of rotatable bonds is 6. The molecular weight excluding hydrogens is 141 g/mol. The van der Waals surface area contributed by atoms with E-state index in [4.69, 9.17) is 0 Å². The van der Waals surface area contributed by atoms with Crippen LogP contribution in [-0.2, 0) is 0 Å². The molecule has 1 atom stereocenters. The SMILES string of the molecule is CC(C)C(C)CNCCCF. The van der Waals surface area contributed by atoms with Crippen LogP contribution in [0.4, 0.5) is 4.39 Å². The minimum absolute atomic E-state index is 0.205. The van der Waals surface area contributed by atoms with Gasteiger partial charge in [0.1, 0.15) is 0 Å². The van der Waals surface area contributed by atoms with E-state index in [0.29, 0.717) is 18.3 Å². The van der Waals surface area contributed by atoms with Crippen molar-refractivity contribution >= 4 is 0 Å². The minimum Gasteiger partial charge on any atom is -0.316 e. The molecule has 2 heteroatoms. The van der Waals surface area contributed by atoms with Gasteiger partial charge in [-0.15, -0.1) is 0 Å². The molecule has 0 aromatic heterocycles. The molecule has 1 N–H and O–H groups in total. The van der Waals surface area contributed by atoms with Crippen molar-refractivity contribution in [3.63, 3.8) is 0 Å². The van der Waals surface area contributed by atoms with Crippen molar-refractivity contribution in [1.29, 1.82) is 0 Å². The monoisotopic (exact) mass is 161 g/mol. The predicted molar refractivity (Wildman–Crippen MR) is 47.5 cm³/mol. The normalized spacial score (nSPS) is 13.9. The molecule has 0 aliphatic carbocycles. The number of alkyl halides is 1. The highest BCUT2D eigenvalue weighted by Crippen LogP contribution is 2.07. The lowest BCUT2D eigenvalue weighted by Crippen LogP contribution is -2.25. The van der Waals surface area contributed by atoms with Crippen LogP contribution >= 0.6 is 0 Å². The van der Waals surface area contributed by atoms with Gasteiger partial charge in [0.05, 0.1) is 6.67 Å². The highest BCUT2D eigenvalue weighted by molar-refractivity contribution is 4.59. The van der Waals surface area contributed by atoms with Crippen molar-refractivity contribution in [2.45, 2.75) is 27.2 Å². The van der Waals surface area contributed by atoms with Crippen LogP contribution in [0.5, 0.6) is 0 Å². The van der Waals surface area contributed by atoms with Crippen LogP contribution in [0.2, 0.25) is 0 Å². The quantitative estimate of drug-likeness (QED) is 0.589. The van der Waals surface area contributed by atoms with E-state index in [-0.39, 0.29) is 6.67 Å². The van der Waals surface area contributed by atoms with Gasteiger partial charge in [0, 0.05) is 0 Å². The summed E-state index contributed by atoms with van der Waals surface area (Å²) in [5.41, 5.74) is 0. The second kappa shape index (κ2) is 6.59. The average Bonchev–Trinajstić information content (AvgIpc) is 1.97. The van der Waals surface area contributed by atoms with Crippen molar-refractivity contribution < 1.29 is 4.39 Å². The van der Waals surface area contributed by atoms with Crippen LogP contribution in [-0.4, -0.2) is 19.8 Å². The van der Waals surface area contributed by atoms with E-state index in [9.17, 15) is 4.39 Å². The smallest absolute Gasteiger partial charge is 0.0906 e. The van der Waals surface area contributed by atoms with Crippen LogP contribution in [0.25, 0.3) is 0 Å². The molecule has 0 saturated heterocycles. The lowest BCUT2D eigenvalue weighted by atomic mass is 9.98. The third-order valence-electron chi connectivity index (χ3n) is 2.09. The number of hydrogen-bond donors (Lipinski definition) is 1. The molecule has 0 radical (unpaired) electrons. The summed E-state index contributed by atoms with van der Waals surface area (Å²) in [6.45, 7) is 8.25. The molecule has 0 rings (SSSR count). The average molecular weight is 161 g/mol. The molecule has 1 nitrogen and oxygen atoms in total. The number of nitrogens with one attached hydrogen (secondary N) is 1. The van der Waals surface area contributed by atoms with Gasteiger partial charge in [-0.25, -0.2) is 0 Å². The molecule has 0 heterocycles. The molecule has 11 heavy (non-hydrogen) atoms. The second-order valence-corrected chi connectivity index (χ2v) is 3.47. The summed E-state index contributed by atoms with van der Waals surface area (Å²) in [7, 11) is 0. The first kappa shape index (κ1) is 10.9. The van der Waals surface area contributed by atoms with Crippen molar-refractivity contribution in [3.05, 3.63) is 0 Å². The van der Waals surface area contributed by atoms with E-state index in [0.717, 1.165) is 13.1 Å². The zero-order chi connectivity index (χ0) is 8.69. The summed E-state index contributed by atoms with van der Waals surface area (Å²) in [6.07, 6.45) is 0.644. The molecule has 0 amide bonds. The van der Waals surface area contributed by atoms with Gasteiger partial charge in [0.2, 0.25) is 0 Å². The lowest BCUT2D eigenvalue weighted by molar-refractivity contribution is 0.383. The van der Waals surface area contributed by atoms with E-state index < -0.39 is 0 Å². The fourth-order valence-corrected chi connectivity index (χ4v) is 0.757. The van der Waals surface area contributed by atoms with Crippen molar-refractivity contribution in [1.82, 2.24) is 5.32 Å². The van der Waals surface area contributed by atoms with Crippen LogP contribution in [0.15, 0.2) is 0 Å². The molecule has 0 bridgehead atoms. The van der Waals surface area contributed by atoms with Crippen LogP contribution in [0.3, 0.4) is 0 Å². The third-order valence-corrected chi connectivity index (χ3v) is 2.09. The molecule has 0 spiro atoms. The summed E-state index contributed by atoms with van der Waals surface area (Å²) in [5, 5.41) is 3.23. The van der Waals surface area contributed by atoms with Gasteiger partial charge < -0.3 is 5.32 Å². The van der Waals surface area contributed by atoms with Crippen LogP contribution in [0, 0.1) is 11.8 Å². The summed E-state index contributed by atoms with van der Waals surface area (Å²) >= 11 is 0. The number of hydrogen-bond acceptors (Lipinski definition) is 1. The maximum absolute atomic E-state index is 11.6. The summed E-state index contributed by atoms with van der Waals surface area (Å²) in [6, 6.07) is 0. The predicted octanol–water partition coefficient (Wildman–Crippen LogP) is 2.23. The number of halogens is 1. The Morgan fingerprint density at radius 2 is 1.91 bits per heavy atom. The molecule has 1 unspecified atom stereocenters. The Morgan fingerprint density at radius 3 is 2.36 bits per heavy atom. The first-order valence-corrected chi connectivity index (χ1v) is 4.45. The van der Waals surface area contributed by atoms with Gasteiger partial charge in [-0.05, 0) is 31.3 Å². The van der Waals surface area contributed by atoms with Gasteiger partial charge in [0.15, 0.2) is 0 Å². The van der Waals surface area contributed by atoms with Crippen molar-refractivity contribution in [2.24, 2.45) is 11.8 Å². The fraction of sp³-hybridized carbons (Fsp3) is 1.00. The van der Waals surface area contributed by atoms with E-state index in [2.05, 4.69) is 26.1 Å². The molecule has 0 aliphatic heterocycles. The maximum Gasteiger partial charge on any atom is 0.0906 e. The standard InChI is InChI=1S/C9H20FN/c1-8(2)9(3)7-11-6-4-5-10/h8-9,11H,4-7H2,1-3H3. The summed E-state index contributed by atoms with van der Waals surface area (Å²) in [4.78, 5) is 0. The zero-order valence-corrected chi connectivity index (χ0v) is 7.86. The van der Waals surface area contributed by atoms with E-state index >= 15 is 0 Å². The maximum atomic E-state index is 11.6. The van der Waals surface area contributed by atoms with Crippen LogP contribution < -0.4 is 5.32 Å². The largest absolute Gasteiger partial charge is 0.316 e.